The smallest absolute Gasteiger partial charge is 0.0483 e. The van der Waals surface area contributed by atoms with E-state index in [-0.39, 0.29) is 0 Å². The zero-order valence-electron chi connectivity index (χ0n) is 6.76. The predicted molar refractivity (Wildman–Crippen MR) is 55.2 cm³/mol. The van der Waals surface area contributed by atoms with Gasteiger partial charge in [-0.25, -0.2) is 0 Å². The Morgan fingerprint density at radius 1 is 1.25 bits per heavy atom. The third-order valence-corrected chi connectivity index (χ3v) is 4.48. The number of fused-ring (bicyclic) bond motifs is 3. The molecule has 12 heavy (non-hydrogen) atoms. The predicted octanol–water partition coefficient (Wildman–Crippen LogP) is 3.69. The second-order valence-corrected chi connectivity index (χ2v) is 5.34. The Morgan fingerprint density at radius 3 is 3.08 bits per heavy atom. The fourth-order valence-corrected chi connectivity index (χ4v) is 3.95. The van der Waals surface area contributed by atoms with Gasteiger partial charge in [0, 0.05) is 21.1 Å². The summed E-state index contributed by atoms with van der Waals surface area (Å²) in [6.45, 7) is 2.19. The second kappa shape index (κ2) is 2.21. The lowest BCUT2D eigenvalue weighted by Crippen LogP contribution is -1.73. The highest BCUT2D eigenvalue weighted by Gasteiger charge is 2.21. The molecule has 2 heteroatoms. The summed E-state index contributed by atoms with van der Waals surface area (Å²) in [5.41, 5.74) is 3.07. The van der Waals surface area contributed by atoms with Crippen LogP contribution in [0.4, 0.5) is 0 Å². The van der Waals surface area contributed by atoms with Crippen molar-refractivity contribution in [3.05, 3.63) is 33.5 Å². The van der Waals surface area contributed by atoms with Crippen molar-refractivity contribution in [2.75, 3.05) is 0 Å². The molecule has 60 valence electrons. The first-order valence-corrected chi connectivity index (χ1v) is 5.70. The molecule has 2 heterocycles. The molecule has 0 aliphatic heterocycles. The Bertz CT molecular complexity index is 434. The standard InChI is InChI=1S/C10H8S2/c1-6-4-8-5-7-2-3-11-9(7)10(8)12-6/h2-4H,5H2,1H3. The molecule has 1 aliphatic rings. The van der Waals surface area contributed by atoms with Crippen molar-refractivity contribution in [2.24, 2.45) is 0 Å². The largest absolute Gasteiger partial charge is 0.143 e. The van der Waals surface area contributed by atoms with Crippen molar-refractivity contribution in [1.82, 2.24) is 0 Å². The maximum Gasteiger partial charge on any atom is 0.0483 e. The van der Waals surface area contributed by atoms with E-state index in [4.69, 9.17) is 0 Å². The normalized spacial score (nSPS) is 13.1. The molecule has 0 fully saturated rings. The Hall–Kier alpha value is -0.600. The summed E-state index contributed by atoms with van der Waals surface area (Å²) < 4.78 is 0. The van der Waals surface area contributed by atoms with Crippen LogP contribution in [0, 0.1) is 6.92 Å². The molecule has 0 bridgehead atoms. The lowest BCUT2D eigenvalue weighted by atomic mass is 10.2. The van der Waals surface area contributed by atoms with Crippen LogP contribution in [0.15, 0.2) is 17.5 Å². The molecule has 0 nitrogen and oxygen atoms in total. The fraction of sp³-hybridized carbons (Fsp3) is 0.200. The Kier molecular flexibility index (Phi) is 1.26. The highest BCUT2D eigenvalue weighted by molar-refractivity contribution is 7.21. The minimum absolute atomic E-state index is 1.17. The average molecular weight is 192 g/mol. The Balaban J connectivity index is 2.32. The van der Waals surface area contributed by atoms with Gasteiger partial charge in [0.1, 0.15) is 0 Å². The van der Waals surface area contributed by atoms with E-state index in [1.54, 1.807) is 5.56 Å². The number of hydrogen-bond acceptors (Lipinski definition) is 2. The summed E-state index contributed by atoms with van der Waals surface area (Å²) in [5.74, 6) is 0. The van der Waals surface area contributed by atoms with Crippen LogP contribution >= 0.6 is 22.7 Å². The van der Waals surface area contributed by atoms with Gasteiger partial charge in [-0.05, 0) is 35.6 Å². The first-order chi connectivity index (χ1) is 5.84. The van der Waals surface area contributed by atoms with Gasteiger partial charge in [0.2, 0.25) is 0 Å². The molecule has 2 aromatic rings. The monoisotopic (exact) mass is 192 g/mol. The van der Waals surface area contributed by atoms with Crippen molar-refractivity contribution in [3.8, 4) is 9.75 Å². The van der Waals surface area contributed by atoms with Gasteiger partial charge >= 0.3 is 0 Å². The van der Waals surface area contributed by atoms with Crippen LogP contribution < -0.4 is 0 Å². The molecular formula is C10H8S2. The van der Waals surface area contributed by atoms with Gasteiger partial charge in [-0.1, -0.05) is 0 Å². The number of rotatable bonds is 0. The lowest BCUT2D eigenvalue weighted by Gasteiger charge is -1.86. The summed E-state index contributed by atoms with van der Waals surface area (Å²) in [7, 11) is 0. The molecule has 2 aromatic heterocycles. The van der Waals surface area contributed by atoms with Gasteiger partial charge in [0.05, 0.1) is 0 Å². The zero-order valence-corrected chi connectivity index (χ0v) is 8.39. The van der Waals surface area contributed by atoms with Crippen LogP contribution in [0.3, 0.4) is 0 Å². The van der Waals surface area contributed by atoms with Crippen molar-refractivity contribution >= 4 is 22.7 Å². The van der Waals surface area contributed by atoms with E-state index >= 15 is 0 Å². The molecular weight excluding hydrogens is 184 g/mol. The van der Waals surface area contributed by atoms with Gasteiger partial charge in [-0.2, -0.15) is 0 Å². The quantitative estimate of drug-likeness (QED) is 0.509. The molecule has 0 spiro atoms. The van der Waals surface area contributed by atoms with E-state index in [0.29, 0.717) is 0 Å². The molecule has 0 atom stereocenters. The summed E-state index contributed by atoms with van der Waals surface area (Å²) in [5, 5.41) is 2.20. The SMILES string of the molecule is Cc1cc2c(s1)-c1sccc1C2. The van der Waals surface area contributed by atoms with Crippen LogP contribution in [0.25, 0.3) is 9.75 Å². The molecule has 0 N–H and O–H groups in total. The van der Waals surface area contributed by atoms with Crippen LogP contribution in [0.1, 0.15) is 16.0 Å². The van der Waals surface area contributed by atoms with Crippen LogP contribution in [-0.2, 0) is 6.42 Å². The highest BCUT2D eigenvalue weighted by atomic mass is 32.1. The van der Waals surface area contributed by atoms with E-state index in [1.165, 1.54) is 26.6 Å². The second-order valence-electron chi connectivity index (χ2n) is 3.16. The zero-order chi connectivity index (χ0) is 8.13. The molecule has 0 unspecified atom stereocenters. The number of aryl methyl sites for hydroxylation is 1. The van der Waals surface area contributed by atoms with Crippen LogP contribution in [0.2, 0.25) is 0 Å². The van der Waals surface area contributed by atoms with E-state index in [2.05, 4.69) is 24.4 Å². The highest BCUT2D eigenvalue weighted by Crippen LogP contribution is 2.44. The number of thiophene rings is 2. The van der Waals surface area contributed by atoms with Gasteiger partial charge in [-0.15, -0.1) is 22.7 Å². The van der Waals surface area contributed by atoms with Crippen molar-refractivity contribution in [1.29, 1.82) is 0 Å². The van der Waals surface area contributed by atoms with Gasteiger partial charge < -0.3 is 0 Å². The van der Waals surface area contributed by atoms with Gasteiger partial charge in [-0.3, -0.25) is 0 Å². The van der Waals surface area contributed by atoms with Gasteiger partial charge in [0.25, 0.3) is 0 Å². The first kappa shape index (κ1) is 6.87. The number of hydrogen-bond donors (Lipinski definition) is 0. The summed E-state index contributed by atoms with van der Waals surface area (Å²) in [6, 6.07) is 4.58. The summed E-state index contributed by atoms with van der Waals surface area (Å²) in [6.07, 6.45) is 1.17. The topological polar surface area (TPSA) is 0 Å². The van der Waals surface area contributed by atoms with Crippen LogP contribution in [0.5, 0.6) is 0 Å². The van der Waals surface area contributed by atoms with E-state index < -0.39 is 0 Å². The van der Waals surface area contributed by atoms with Crippen molar-refractivity contribution in [3.63, 3.8) is 0 Å². The van der Waals surface area contributed by atoms with E-state index in [1.807, 2.05) is 22.7 Å². The summed E-state index contributed by atoms with van der Waals surface area (Å²) >= 11 is 3.81. The minimum atomic E-state index is 1.17. The maximum atomic E-state index is 2.33. The Morgan fingerprint density at radius 2 is 2.17 bits per heavy atom. The molecule has 3 rings (SSSR count). The maximum absolute atomic E-state index is 2.33. The lowest BCUT2D eigenvalue weighted by molar-refractivity contribution is 1.28. The average Bonchev–Trinajstić information content (AvgIpc) is 2.59. The van der Waals surface area contributed by atoms with E-state index in [9.17, 15) is 0 Å². The van der Waals surface area contributed by atoms with Crippen molar-refractivity contribution < 1.29 is 0 Å². The van der Waals surface area contributed by atoms with E-state index in [0.717, 1.165) is 0 Å². The summed E-state index contributed by atoms with van der Waals surface area (Å²) in [4.78, 5) is 4.49. The van der Waals surface area contributed by atoms with Gasteiger partial charge in [0.15, 0.2) is 0 Å². The molecule has 1 aliphatic carbocycles. The molecule has 0 radical (unpaired) electrons. The molecule has 0 saturated carbocycles. The fourth-order valence-electron chi connectivity index (χ4n) is 1.77. The molecule has 0 aromatic carbocycles. The minimum Gasteiger partial charge on any atom is -0.143 e. The molecule has 0 amide bonds. The third-order valence-electron chi connectivity index (χ3n) is 2.27. The Labute approximate surface area is 79.5 Å². The molecule has 0 saturated heterocycles. The van der Waals surface area contributed by atoms with Crippen molar-refractivity contribution in [2.45, 2.75) is 13.3 Å². The van der Waals surface area contributed by atoms with Crippen LogP contribution in [-0.4, -0.2) is 0 Å². The first-order valence-electron chi connectivity index (χ1n) is 4.00. The third kappa shape index (κ3) is 0.767.